The minimum atomic E-state index is -0.310. The van der Waals surface area contributed by atoms with Gasteiger partial charge in [-0.2, -0.15) is 0 Å². The van der Waals surface area contributed by atoms with Crippen LogP contribution in [0.3, 0.4) is 0 Å². The van der Waals surface area contributed by atoms with Crippen LogP contribution in [0.2, 0.25) is 0 Å². The van der Waals surface area contributed by atoms with E-state index in [-0.39, 0.29) is 12.6 Å². The Kier molecular flexibility index (Phi) is 2.95. The summed E-state index contributed by atoms with van der Waals surface area (Å²) in [5.41, 5.74) is 5.32. The number of rotatable bonds is 2. The molecule has 1 aromatic heterocycles. The number of fused-ring (bicyclic) bond motifs is 1. The average molecular weight is 268 g/mol. The number of carbonyl (C=O) groups excluding carboxylic acids is 1. The fourth-order valence-corrected chi connectivity index (χ4v) is 2.63. The molecule has 2 heterocycles. The lowest BCUT2D eigenvalue weighted by Crippen LogP contribution is -2.26. The number of para-hydroxylation sites is 1. The predicted molar refractivity (Wildman–Crippen MR) is 79.2 cm³/mol. The van der Waals surface area contributed by atoms with E-state index in [2.05, 4.69) is 4.98 Å². The quantitative estimate of drug-likeness (QED) is 0.822. The maximum Gasteiger partial charge on any atom is 0.260 e. The molecule has 2 aromatic rings. The van der Waals surface area contributed by atoms with Crippen LogP contribution in [0.4, 0.5) is 5.69 Å². The standard InChI is InChI=1S/C16H16N2O2/c1-10-7-11(2)17-14(10)8-13-12-5-3-4-6-15(12)18(9-19)16(13)20/h3-8,17,19H,9H2,1-2H3. The second-order valence-electron chi connectivity index (χ2n) is 5.00. The topological polar surface area (TPSA) is 56.3 Å². The van der Waals surface area contributed by atoms with Gasteiger partial charge in [-0.1, -0.05) is 18.2 Å². The zero-order valence-corrected chi connectivity index (χ0v) is 11.5. The Balaban J connectivity index is 2.15. The van der Waals surface area contributed by atoms with E-state index in [9.17, 15) is 9.90 Å². The van der Waals surface area contributed by atoms with Crippen molar-refractivity contribution in [3.63, 3.8) is 0 Å². The fraction of sp³-hybridized carbons (Fsp3) is 0.188. The van der Waals surface area contributed by atoms with Crippen molar-refractivity contribution in [1.29, 1.82) is 0 Å². The van der Waals surface area contributed by atoms with Gasteiger partial charge >= 0.3 is 0 Å². The number of nitrogens with one attached hydrogen (secondary N) is 1. The fourth-order valence-electron chi connectivity index (χ4n) is 2.63. The molecular weight excluding hydrogens is 252 g/mol. The Morgan fingerprint density at radius 2 is 2.05 bits per heavy atom. The molecule has 0 bridgehead atoms. The number of hydrogen-bond acceptors (Lipinski definition) is 2. The first-order valence-electron chi connectivity index (χ1n) is 6.52. The highest BCUT2D eigenvalue weighted by Gasteiger charge is 2.31. The van der Waals surface area contributed by atoms with Crippen molar-refractivity contribution in [2.75, 3.05) is 11.6 Å². The molecule has 102 valence electrons. The molecule has 20 heavy (non-hydrogen) atoms. The van der Waals surface area contributed by atoms with Crippen LogP contribution in [-0.2, 0) is 4.79 Å². The van der Waals surface area contributed by atoms with Gasteiger partial charge in [-0.15, -0.1) is 0 Å². The molecule has 1 amide bonds. The van der Waals surface area contributed by atoms with Crippen LogP contribution in [0.1, 0.15) is 22.5 Å². The van der Waals surface area contributed by atoms with Crippen molar-refractivity contribution in [2.24, 2.45) is 0 Å². The van der Waals surface area contributed by atoms with E-state index in [0.29, 0.717) is 5.57 Å². The second kappa shape index (κ2) is 4.65. The largest absolute Gasteiger partial charge is 0.376 e. The van der Waals surface area contributed by atoms with Crippen molar-refractivity contribution in [1.82, 2.24) is 4.98 Å². The summed E-state index contributed by atoms with van der Waals surface area (Å²) < 4.78 is 0. The molecule has 0 saturated heterocycles. The highest BCUT2D eigenvalue weighted by molar-refractivity contribution is 6.35. The number of aromatic nitrogens is 1. The molecule has 2 N–H and O–H groups in total. The molecular formula is C16H16N2O2. The Bertz CT molecular complexity index is 713. The number of hydrogen-bond donors (Lipinski definition) is 2. The van der Waals surface area contributed by atoms with Crippen molar-refractivity contribution in [3.8, 4) is 0 Å². The van der Waals surface area contributed by atoms with Gasteiger partial charge in [-0.05, 0) is 37.6 Å². The van der Waals surface area contributed by atoms with Gasteiger partial charge < -0.3 is 10.1 Å². The maximum atomic E-state index is 12.4. The van der Waals surface area contributed by atoms with Crippen molar-refractivity contribution < 1.29 is 9.90 Å². The smallest absolute Gasteiger partial charge is 0.260 e. The Labute approximate surface area is 117 Å². The molecule has 1 aliphatic heterocycles. The van der Waals surface area contributed by atoms with Gasteiger partial charge in [-0.25, -0.2) is 0 Å². The third-order valence-corrected chi connectivity index (χ3v) is 3.58. The highest BCUT2D eigenvalue weighted by Crippen LogP contribution is 2.37. The first kappa shape index (κ1) is 12.7. The number of aliphatic hydroxyl groups excluding tert-OH is 1. The Hall–Kier alpha value is -2.33. The first-order chi connectivity index (χ1) is 9.61. The Morgan fingerprint density at radius 3 is 2.70 bits per heavy atom. The minimum Gasteiger partial charge on any atom is -0.376 e. The molecule has 1 aromatic carbocycles. The van der Waals surface area contributed by atoms with E-state index >= 15 is 0 Å². The summed E-state index contributed by atoms with van der Waals surface area (Å²) in [5, 5.41) is 9.40. The van der Waals surface area contributed by atoms with Gasteiger partial charge in [-0.3, -0.25) is 9.69 Å². The van der Waals surface area contributed by atoms with E-state index in [1.54, 1.807) is 0 Å². The van der Waals surface area contributed by atoms with Gasteiger partial charge in [0.2, 0.25) is 0 Å². The lowest BCUT2D eigenvalue weighted by molar-refractivity contribution is -0.113. The van der Waals surface area contributed by atoms with E-state index in [1.165, 1.54) is 4.90 Å². The van der Waals surface area contributed by atoms with Gasteiger partial charge in [0, 0.05) is 17.0 Å². The van der Waals surface area contributed by atoms with E-state index in [4.69, 9.17) is 0 Å². The van der Waals surface area contributed by atoms with Crippen LogP contribution < -0.4 is 4.90 Å². The lowest BCUT2D eigenvalue weighted by Gasteiger charge is -2.12. The molecule has 0 spiro atoms. The highest BCUT2D eigenvalue weighted by atomic mass is 16.3. The molecule has 4 nitrogen and oxygen atoms in total. The number of amides is 1. The van der Waals surface area contributed by atoms with Crippen molar-refractivity contribution >= 4 is 23.2 Å². The molecule has 0 saturated carbocycles. The third kappa shape index (κ3) is 1.85. The maximum absolute atomic E-state index is 12.4. The second-order valence-corrected chi connectivity index (χ2v) is 5.00. The van der Waals surface area contributed by atoms with Crippen LogP contribution in [0, 0.1) is 13.8 Å². The summed E-state index contributed by atoms with van der Waals surface area (Å²) in [4.78, 5) is 17.0. The van der Waals surface area contributed by atoms with Crippen molar-refractivity contribution in [3.05, 3.63) is 52.8 Å². The SMILES string of the molecule is Cc1cc(C)c(C=C2C(=O)N(CO)c3ccccc32)[nH]1. The lowest BCUT2D eigenvalue weighted by atomic mass is 10.1. The number of nitrogens with zero attached hydrogens (tertiary/aromatic N) is 1. The number of H-pyrrole nitrogens is 1. The molecule has 4 heteroatoms. The van der Waals surface area contributed by atoms with Crippen molar-refractivity contribution in [2.45, 2.75) is 13.8 Å². The summed E-state index contributed by atoms with van der Waals surface area (Å²) in [7, 11) is 0. The third-order valence-electron chi connectivity index (χ3n) is 3.58. The summed E-state index contributed by atoms with van der Waals surface area (Å²) in [6.45, 7) is 3.68. The summed E-state index contributed by atoms with van der Waals surface area (Å²) in [6.07, 6.45) is 1.86. The van der Waals surface area contributed by atoms with Gasteiger partial charge in [0.1, 0.15) is 6.73 Å². The summed E-state index contributed by atoms with van der Waals surface area (Å²) in [6, 6.07) is 9.55. The van der Waals surface area contributed by atoms with Gasteiger partial charge in [0.15, 0.2) is 0 Å². The molecule has 0 fully saturated rings. The van der Waals surface area contributed by atoms with Crippen LogP contribution in [0.5, 0.6) is 0 Å². The zero-order valence-electron chi connectivity index (χ0n) is 11.5. The Morgan fingerprint density at radius 1 is 1.30 bits per heavy atom. The molecule has 0 unspecified atom stereocenters. The summed E-state index contributed by atoms with van der Waals surface area (Å²) in [5.74, 6) is -0.166. The molecule has 0 atom stereocenters. The van der Waals surface area contributed by atoms with Crippen LogP contribution in [-0.4, -0.2) is 22.7 Å². The van der Waals surface area contributed by atoms with Gasteiger partial charge in [0.25, 0.3) is 5.91 Å². The van der Waals surface area contributed by atoms with Gasteiger partial charge in [0.05, 0.1) is 11.3 Å². The van der Waals surface area contributed by atoms with Crippen LogP contribution in [0.15, 0.2) is 30.3 Å². The number of carbonyl (C=O) groups is 1. The average Bonchev–Trinajstić information content (AvgIpc) is 2.88. The molecule has 3 rings (SSSR count). The number of aromatic amines is 1. The monoisotopic (exact) mass is 268 g/mol. The number of anilines is 1. The minimum absolute atomic E-state index is 0.166. The van der Waals surface area contributed by atoms with E-state index in [1.807, 2.05) is 50.3 Å². The molecule has 0 radical (unpaired) electrons. The number of aryl methyl sites for hydroxylation is 2. The number of aliphatic hydroxyl groups is 1. The van der Waals surface area contributed by atoms with Crippen LogP contribution in [0.25, 0.3) is 11.6 Å². The first-order valence-corrected chi connectivity index (χ1v) is 6.52. The van der Waals surface area contributed by atoms with Crippen LogP contribution >= 0.6 is 0 Å². The number of benzene rings is 1. The normalized spacial score (nSPS) is 16.1. The van der Waals surface area contributed by atoms with E-state index < -0.39 is 0 Å². The predicted octanol–water partition coefficient (Wildman–Crippen LogP) is 2.47. The summed E-state index contributed by atoms with van der Waals surface area (Å²) >= 11 is 0. The molecule has 0 aliphatic carbocycles. The zero-order chi connectivity index (χ0) is 14.3. The van der Waals surface area contributed by atoms with E-state index in [0.717, 1.165) is 28.2 Å². The molecule has 1 aliphatic rings.